The van der Waals surface area contributed by atoms with Crippen molar-refractivity contribution in [3.8, 4) is 0 Å². The summed E-state index contributed by atoms with van der Waals surface area (Å²) in [6.07, 6.45) is 3.52. The second-order valence-electron chi connectivity index (χ2n) is 4.99. The second-order valence-corrected chi connectivity index (χ2v) is 5.85. The van der Waals surface area contributed by atoms with E-state index in [9.17, 15) is 9.59 Å². The molecule has 1 aromatic carbocycles. The van der Waals surface area contributed by atoms with Crippen molar-refractivity contribution in [2.24, 2.45) is 0 Å². The average Bonchev–Trinajstić information content (AvgIpc) is 2.44. The summed E-state index contributed by atoms with van der Waals surface area (Å²) in [6, 6.07) is 7.48. The smallest absolute Gasteiger partial charge is 0.226 e. The molecule has 0 atom stereocenters. The lowest BCUT2D eigenvalue weighted by Gasteiger charge is -2.20. The maximum Gasteiger partial charge on any atom is 0.226 e. The van der Waals surface area contributed by atoms with Gasteiger partial charge in [-0.05, 0) is 34.5 Å². The molecule has 1 N–H and O–H groups in total. The molecule has 0 aliphatic heterocycles. The van der Waals surface area contributed by atoms with Crippen molar-refractivity contribution in [1.82, 2.24) is 4.90 Å². The van der Waals surface area contributed by atoms with Crippen LogP contribution in [0, 0.1) is 0 Å². The van der Waals surface area contributed by atoms with Gasteiger partial charge in [-0.15, -0.1) is 0 Å². The van der Waals surface area contributed by atoms with Gasteiger partial charge in [0.25, 0.3) is 0 Å². The zero-order chi connectivity index (χ0) is 15.7. The summed E-state index contributed by atoms with van der Waals surface area (Å²) >= 11 is 3.39. The molecule has 4 nitrogen and oxygen atoms in total. The van der Waals surface area contributed by atoms with Gasteiger partial charge < -0.3 is 10.2 Å². The van der Waals surface area contributed by atoms with Crippen LogP contribution >= 0.6 is 15.9 Å². The van der Waals surface area contributed by atoms with E-state index in [0.29, 0.717) is 13.0 Å². The van der Waals surface area contributed by atoms with Gasteiger partial charge in [-0.1, -0.05) is 31.9 Å². The van der Waals surface area contributed by atoms with E-state index >= 15 is 0 Å². The Morgan fingerprint density at radius 1 is 1.19 bits per heavy atom. The normalized spacial score (nSPS) is 10.2. The van der Waals surface area contributed by atoms with E-state index in [2.05, 4.69) is 28.2 Å². The molecule has 0 aromatic heterocycles. The molecule has 0 unspecified atom stereocenters. The first-order valence-electron chi connectivity index (χ1n) is 7.34. The maximum atomic E-state index is 12.0. The molecular weight excluding hydrogens is 332 g/mol. The third-order valence-electron chi connectivity index (χ3n) is 3.23. The molecule has 1 aromatic rings. The molecule has 0 radical (unpaired) electrons. The van der Waals surface area contributed by atoms with Crippen molar-refractivity contribution in [3.63, 3.8) is 0 Å². The number of nitrogens with zero attached hydrogens (tertiary/aromatic N) is 1. The predicted molar refractivity (Wildman–Crippen MR) is 89.2 cm³/mol. The Morgan fingerprint density at radius 3 is 2.52 bits per heavy atom. The SMILES string of the molecule is CCCCCN(CCC(=O)Nc1ccccc1Br)C(C)=O. The van der Waals surface area contributed by atoms with Gasteiger partial charge in [-0.25, -0.2) is 0 Å². The van der Waals surface area contributed by atoms with Gasteiger partial charge in [-0.3, -0.25) is 9.59 Å². The molecule has 116 valence electrons. The number of amides is 2. The van der Waals surface area contributed by atoms with Crippen LogP contribution in [0.2, 0.25) is 0 Å². The molecule has 0 heterocycles. The number of hydrogen-bond donors (Lipinski definition) is 1. The van der Waals surface area contributed by atoms with Crippen LogP contribution in [-0.4, -0.2) is 29.8 Å². The largest absolute Gasteiger partial charge is 0.342 e. The Kier molecular flexibility index (Phi) is 8.05. The van der Waals surface area contributed by atoms with Crippen LogP contribution in [0.25, 0.3) is 0 Å². The van der Waals surface area contributed by atoms with E-state index in [0.717, 1.165) is 36.0 Å². The summed E-state index contributed by atoms with van der Waals surface area (Å²) in [5, 5.41) is 2.85. The second kappa shape index (κ2) is 9.55. The van der Waals surface area contributed by atoms with E-state index in [1.807, 2.05) is 24.3 Å². The minimum atomic E-state index is -0.0800. The van der Waals surface area contributed by atoms with Gasteiger partial charge in [0, 0.05) is 30.9 Å². The molecule has 0 aliphatic carbocycles. The lowest BCUT2D eigenvalue weighted by atomic mass is 10.2. The average molecular weight is 355 g/mol. The number of hydrogen-bond acceptors (Lipinski definition) is 2. The van der Waals surface area contributed by atoms with Crippen molar-refractivity contribution in [2.75, 3.05) is 18.4 Å². The highest BCUT2D eigenvalue weighted by Crippen LogP contribution is 2.21. The molecule has 0 fully saturated rings. The summed E-state index contributed by atoms with van der Waals surface area (Å²) in [4.78, 5) is 25.2. The van der Waals surface area contributed by atoms with E-state index < -0.39 is 0 Å². The maximum absolute atomic E-state index is 12.0. The van der Waals surface area contributed by atoms with Gasteiger partial charge in [0.2, 0.25) is 11.8 Å². The minimum absolute atomic E-state index is 0.0276. The summed E-state index contributed by atoms with van der Waals surface area (Å²) in [5.74, 6) is -0.0524. The topological polar surface area (TPSA) is 49.4 Å². The first kappa shape index (κ1) is 17.7. The standard InChI is InChI=1S/C16H23BrN2O2/c1-3-4-7-11-19(13(2)20)12-10-16(21)18-15-9-6-5-8-14(15)17/h5-6,8-9H,3-4,7,10-12H2,1-2H3,(H,18,21). The molecule has 2 amide bonds. The highest BCUT2D eigenvalue weighted by Gasteiger charge is 2.11. The van der Waals surface area contributed by atoms with Gasteiger partial charge in [0.05, 0.1) is 5.69 Å². The number of halogens is 1. The Morgan fingerprint density at radius 2 is 1.90 bits per heavy atom. The summed E-state index contributed by atoms with van der Waals surface area (Å²) in [5.41, 5.74) is 0.753. The van der Waals surface area contributed by atoms with Gasteiger partial charge in [0.15, 0.2) is 0 Å². The van der Waals surface area contributed by atoms with Gasteiger partial charge in [0.1, 0.15) is 0 Å². The van der Waals surface area contributed by atoms with Crippen LogP contribution < -0.4 is 5.32 Å². The fraction of sp³-hybridized carbons (Fsp3) is 0.500. The number of para-hydroxylation sites is 1. The van der Waals surface area contributed by atoms with Crippen LogP contribution in [0.3, 0.4) is 0 Å². The van der Waals surface area contributed by atoms with E-state index in [1.54, 1.807) is 11.8 Å². The fourth-order valence-corrected chi connectivity index (χ4v) is 2.38. The summed E-state index contributed by atoms with van der Waals surface area (Å²) in [7, 11) is 0. The molecule has 0 aliphatic rings. The lowest BCUT2D eigenvalue weighted by molar-refractivity contribution is -0.129. The highest BCUT2D eigenvalue weighted by molar-refractivity contribution is 9.10. The quantitative estimate of drug-likeness (QED) is 0.721. The lowest BCUT2D eigenvalue weighted by Crippen LogP contribution is -2.32. The zero-order valence-corrected chi connectivity index (χ0v) is 14.3. The van der Waals surface area contributed by atoms with Crippen LogP contribution in [0.1, 0.15) is 39.5 Å². The van der Waals surface area contributed by atoms with Crippen LogP contribution in [-0.2, 0) is 9.59 Å². The van der Waals surface area contributed by atoms with Crippen LogP contribution in [0.4, 0.5) is 5.69 Å². The van der Waals surface area contributed by atoms with Crippen molar-refractivity contribution >= 4 is 33.4 Å². The van der Waals surface area contributed by atoms with E-state index in [4.69, 9.17) is 0 Å². The molecule has 21 heavy (non-hydrogen) atoms. The van der Waals surface area contributed by atoms with E-state index in [-0.39, 0.29) is 11.8 Å². The Labute approximate surface area is 135 Å². The summed E-state index contributed by atoms with van der Waals surface area (Å²) in [6.45, 7) is 4.88. The van der Waals surface area contributed by atoms with Crippen LogP contribution in [0.5, 0.6) is 0 Å². The zero-order valence-electron chi connectivity index (χ0n) is 12.7. The molecule has 0 bridgehead atoms. The van der Waals surface area contributed by atoms with Crippen molar-refractivity contribution < 1.29 is 9.59 Å². The number of carbonyl (C=O) groups excluding carboxylic acids is 2. The number of unbranched alkanes of at least 4 members (excludes halogenated alkanes) is 2. The Bertz CT molecular complexity index is 477. The molecule has 0 saturated carbocycles. The van der Waals surface area contributed by atoms with Crippen molar-refractivity contribution in [2.45, 2.75) is 39.5 Å². The van der Waals surface area contributed by atoms with Gasteiger partial charge >= 0.3 is 0 Å². The van der Waals surface area contributed by atoms with Crippen molar-refractivity contribution in [1.29, 1.82) is 0 Å². The first-order valence-corrected chi connectivity index (χ1v) is 8.13. The number of carbonyl (C=O) groups is 2. The molecule has 0 spiro atoms. The molecule has 1 rings (SSSR count). The van der Waals surface area contributed by atoms with Crippen LogP contribution in [0.15, 0.2) is 28.7 Å². The highest BCUT2D eigenvalue weighted by atomic mass is 79.9. The third-order valence-corrected chi connectivity index (χ3v) is 3.93. The summed E-state index contributed by atoms with van der Waals surface area (Å²) < 4.78 is 0.852. The monoisotopic (exact) mass is 354 g/mol. The van der Waals surface area contributed by atoms with Crippen molar-refractivity contribution in [3.05, 3.63) is 28.7 Å². The minimum Gasteiger partial charge on any atom is -0.342 e. The number of benzene rings is 1. The number of rotatable bonds is 8. The number of nitrogens with one attached hydrogen (secondary N) is 1. The molecule has 5 heteroatoms. The Balaban J connectivity index is 2.42. The fourth-order valence-electron chi connectivity index (χ4n) is 1.99. The molecular formula is C16H23BrN2O2. The predicted octanol–water partition coefficient (Wildman–Crippen LogP) is 3.82. The molecule has 0 saturated heterocycles. The van der Waals surface area contributed by atoms with Gasteiger partial charge in [-0.2, -0.15) is 0 Å². The third kappa shape index (κ3) is 6.76. The van der Waals surface area contributed by atoms with E-state index in [1.165, 1.54) is 0 Å². The first-order chi connectivity index (χ1) is 10.0. The number of anilines is 1. The Hall–Kier alpha value is -1.36.